The molecule has 2 nitrogen and oxygen atoms in total. The molecule has 0 bridgehead atoms. The normalized spacial score (nSPS) is 16.3. The van der Waals surface area contributed by atoms with Crippen molar-refractivity contribution in [3.05, 3.63) is 120 Å². The number of hydrogen-bond acceptors (Lipinski definition) is 3. The van der Waals surface area contributed by atoms with E-state index in [1.54, 1.807) is 29.5 Å². The summed E-state index contributed by atoms with van der Waals surface area (Å²) in [5, 5.41) is 2.26. The molecule has 3 heterocycles. The number of fused-ring (bicyclic) bond motifs is 3. The summed E-state index contributed by atoms with van der Waals surface area (Å²) in [6.45, 7) is 0.0646. The molecule has 40 heavy (non-hydrogen) atoms. The molecule has 1 radical (unpaired) electrons. The number of rotatable bonds is 3. The summed E-state index contributed by atoms with van der Waals surface area (Å²) in [6, 6.07) is 24.6. The van der Waals surface area contributed by atoms with E-state index < -0.39 is 6.85 Å². The summed E-state index contributed by atoms with van der Waals surface area (Å²) in [4.78, 5) is 8.61. The Morgan fingerprint density at radius 3 is 2.58 bits per heavy atom. The van der Waals surface area contributed by atoms with Gasteiger partial charge in [0.05, 0.1) is 5.48 Å². The van der Waals surface area contributed by atoms with E-state index in [2.05, 4.69) is 47.2 Å². The van der Waals surface area contributed by atoms with Crippen molar-refractivity contribution in [3.63, 3.8) is 0 Å². The predicted molar refractivity (Wildman–Crippen MR) is 165 cm³/mol. The molecule has 1 saturated carbocycles. The molecule has 3 aromatic heterocycles. The molecule has 3 aromatic carbocycles. The zero-order valence-electron chi connectivity index (χ0n) is 29.1. The standard InChI is InChI=1S/C19H22N.C17H10NS.Ir/c1-14-8-10-17(11-9-14)19-12-15(2)18(13-20-19)16-6-4-3-5-7-16;1-2-7-16-13(5-1)14-9-8-12(11-17(14)19-16)15-6-3-4-10-18-15;/h8-10,12-13,16H,3-7H2,1-2H3;1-10H;/q2*-1;/i1D3;3D,4D,6D,10D;. The molecule has 0 amide bonds. The summed E-state index contributed by atoms with van der Waals surface area (Å²) in [7, 11) is 0. The molecule has 4 heteroatoms. The van der Waals surface area contributed by atoms with Gasteiger partial charge in [-0.05, 0) is 64.8 Å². The third kappa shape index (κ3) is 6.25. The van der Waals surface area contributed by atoms with Gasteiger partial charge in [-0.1, -0.05) is 73.4 Å². The average molecular weight is 724 g/mol. The van der Waals surface area contributed by atoms with Gasteiger partial charge in [-0.3, -0.25) is 0 Å². The smallest absolute Gasteiger partial charge is 0.0830 e. The van der Waals surface area contributed by atoms with Crippen LogP contribution in [0.2, 0.25) is 0 Å². The second-order valence-electron chi connectivity index (χ2n) is 9.91. The Hall–Kier alpha value is -3.17. The molecule has 0 atom stereocenters. The van der Waals surface area contributed by atoms with Crippen LogP contribution in [0.1, 0.15) is 64.3 Å². The fourth-order valence-electron chi connectivity index (χ4n) is 5.29. The minimum atomic E-state index is -2.08. The van der Waals surface area contributed by atoms with Crippen molar-refractivity contribution >= 4 is 31.5 Å². The van der Waals surface area contributed by atoms with Crippen molar-refractivity contribution in [2.75, 3.05) is 0 Å². The molecular formula is C36H32IrN2S-2. The van der Waals surface area contributed by atoms with Crippen molar-refractivity contribution in [2.45, 2.75) is 51.8 Å². The van der Waals surface area contributed by atoms with E-state index in [-0.39, 0.29) is 50.1 Å². The largest absolute Gasteiger partial charge is 0.305 e. The van der Waals surface area contributed by atoms with E-state index in [9.17, 15) is 0 Å². The number of benzene rings is 3. The van der Waals surface area contributed by atoms with Gasteiger partial charge in [-0.15, -0.1) is 59.2 Å². The molecule has 0 spiro atoms. The first-order valence-corrected chi connectivity index (χ1v) is 14.1. The monoisotopic (exact) mass is 724 g/mol. The number of thiophene rings is 1. The van der Waals surface area contributed by atoms with Gasteiger partial charge in [-0.25, -0.2) is 0 Å². The van der Waals surface area contributed by atoms with Gasteiger partial charge in [0.1, 0.15) is 0 Å². The van der Waals surface area contributed by atoms with E-state index in [0.29, 0.717) is 17.0 Å². The summed E-state index contributed by atoms with van der Waals surface area (Å²) < 4.78 is 55.4. The zero-order valence-corrected chi connectivity index (χ0v) is 25.3. The Bertz CT molecular complexity index is 2030. The van der Waals surface area contributed by atoms with Crippen LogP contribution in [-0.4, -0.2) is 9.97 Å². The van der Waals surface area contributed by atoms with Crippen molar-refractivity contribution in [2.24, 2.45) is 0 Å². The number of aryl methyl sites for hydroxylation is 2. The Labute approximate surface area is 264 Å². The van der Waals surface area contributed by atoms with E-state index >= 15 is 0 Å². The SMILES string of the molecule is [2H]C([2H])([2H])c1c[c-]c(-c2cc(C)c(C3CCCCC3)cn2)cc1.[2H]c1nc(-c2[c-]c3sc4ccccc4c3cc2)c([2H])c([2H])c1[2H].[Ir]. The Balaban J connectivity index is 0.000000181. The molecule has 0 saturated heterocycles. The number of aromatic nitrogens is 2. The van der Waals surface area contributed by atoms with Crippen LogP contribution in [-0.2, 0) is 20.1 Å². The second kappa shape index (κ2) is 13.0. The Kier molecular flexibility index (Phi) is 6.72. The van der Waals surface area contributed by atoms with Crippen LogP contribution in [0.15, 0.2) is 91.2 Å². The molecule has 0 N–H and O–H groups in total. The molecule has 6 aromatic rings. The molecular weight excluding hydrogens is 685 g/mol. The summed E-state index contributed by atoms with van der Waals surface area (Å²) >= 11 is 1.61. The van der Waals surface area contributed by atoms with Gasteiger partial charge in [-0.2, -0.15) is 11.3 Å². The van der Waals surface area contributed by atoms with Gasteiger partial charge >= 0.3 is 0 Å². The topological polar surface area (TPSA) is 25.8 Å². The van der Waals surface area contributed by atoms with Crippen LogP contribution in [0.5, 0.6) is 0 Å². The number of hydrogen-bond donors (Lipinski definition) is 0. The van der Waals surface area contributed by atoms with Crippen molar-refractivity contribution in [1.82, 2.24) is 9.97 Å². The second-order valence-corrected chi connectivity index (χ2v) is 11.0. The maximum atomic E-state index is 8.02. The van der Waals surface area contributed by atoms with Gasteiger partial charge in [0, 0.05) is 41.3 Å². The van der Waals surface area contributed by atoms with Crippen molar-refractivity contribution < 1.29 is 29.7 Å². The zero-order chi connectivity index (χ0) is 32.6. The van der Waals surface area contributed by atoms with Crippen molar-refractivity contribution in [3.8, 4) is 22.5 Å². The predicted octanol–water partition coefficient (Wildman–Crippen LogP) is 10.1. The van der Waals surface area contributed by atoms with E-state index in [1.807, 2.05) is 30.5 Å². The maximum absolute atomic E-state index is 8.02. The fourth-order valence-corrected chi connectivity index (χ4v) is 6.39. The average Bonchev–Trinajstić information content (AvgIpc) is 3.44. The Morgan fingerprint density at radius 2 is 1.77 bits per heavy atom. The number of pyridine rings is 2. The summed E-state index contributed by atoms with van der Waals surface area (Å²) in [5.74, 6) is 0.646. The molecule has 1 aliphatic carbocycles. The first-order chi connectivity index (χ1) is 22.0. The number of nitrogens with zero attached hydrogens (tertiary/aromatic N) is 2. The van der Waals surface area contributed by atoms with Gasteiger partial charge in [0.2, 0.25) is 0 Å². The minimum Gasteiger partial charge on any atom is -0.305 e. The van der Waals surface area contributed by atoms with Crippen LogP contribution in [0.25, 0.3) is 42.7 Å². The first-order valence-electron chi connectivity index (χ1n) is 16.8. The van der Waals surface area contributed by atoms with E-state index in [0.717, 1.165) is 21.3 Å². The molecule has 203 valence electrons. The summed E-state index contributed by atoms with van der Waals surface area (Å²) in [6.07, 6.45) is 8.23. The van der Waals surface area contributed by atoms with Crippen LogP contribution in [0.3, 0.4) is 0 Å². The molecule has 0 aliphatic heterocycles. The molecule has 0 unspecified atom stereocenters. The minimum absolute atomic E-state index is 0. The van der Waals surface area contributed by atoms with E-state index in [4.69, 9.17) is 9.60 Å². The quantitative estimate of drug-likeness (QED) is 0.170. The maximum Gasteiger partial charge on any atom is 0.0830 e. The van der Waals surface area contributed by atoms with Crippen molar-refractivity contribution in [1.29, 1.82) is 0 Å². The van der Waals surface area contributed by atoms with Gasteiger partial charge in [0.15, 0.2) is 0 Å². The van der Waals surface area contributed by atoms with Crippen LogP contribution < -0.4 is 0 Å². The van der Waals surface area contributed by atoms with Crippen LogP contribution in [0, 0.1) is 25.9 Å². The van der Waals surface area contributed by atoms with Crippen LogP contribution in [0.4, 0.5) is 0 Å². The third-order valence-electron chi connectivity index (χ3n) is 7.31. The molecule has 1 fully saturated rings. The molecule has 7 rings (SSSR count). The van der Waals surface area contributed by atoms with E-state index in [1.165, 1.54) is 53.3 Å². The first kappa shape index (κ1) is 20.7. The fraction of sp³-hybridized carbons (Fsp3) is 0.222. The Morgan fingerprint density at radius 1 is 0.925 bits per heavy atom. The van der Waals surface area contributed by atoms with Gasteiger partial charge < -0.3 is 9.97 Å². The van der Waals surface area contributed by atoms with Gasteiger partial charge in [0.25, 0.3) is 0 Å². The van der Waals surface area contributed by atoms with Crippen LogP contribution >= 0.6 is 11.3 Å². The summed E-state index contributed by atoms with van der Waals surface area (Å²) in [5.41, 5.74) is 5.47. The molecule has 1 aliphatic rings. The third-order valence-corrected chi connectivity index (χ3v) is 8.41.